The molecule has 0 aliphatic carbocycles. The lowest BCUT2D eigenvalue weighted by Crippen LogP contribution is -2.44. The third-order valence-electron chi connectivity index (χ3n) is 4.76. The van der Waals surface area contributed by atoms with Crippen LogP contribution in [0.2, 0.25) is 0 Å². The first-order valence-electron chi connectivity index (χ1n) is 8.59. The van der Waals surface area contributed by atoms with Crippen LogP contribution in [-0.2, 0) is 4.79 Å². The van der Waals surface area contributed by atoms with E-state index in [0.29, 0.717) is 5.41 Å². The lowest BCUT2D eigenvalue weighted by molar-refractivity contribution is -0.120. The molecule has 0 radical (unpaired) electrons. The predicted molar refractivity (Wildman–Crippen MR) is 89.1 cm³/mol. The molecule has 0 spiro atoms. The van der Waals surface area contributed by atoms with Crippen molar-refractivity contribution >= 4 is 5.91 Å². The Morgan fingerprint density at radius 3 is 2.62 bits per heavy atom. The maximum absolute atomic E-state index is 11.5. The van der Waals surface area contributed by atoms with Crippen LogP contribution in [0.3, 0.4) is 0 Å². The molecule has 1 saturated heterocycles. The van der Waals surface area contributed by atoms with E-state index >= 15 is 0 Å². The number of carbonyl (C=O) groups is 1. The zero-order valence-corrected chi connectivity index (χ0v) is 14.5. The van der Waals surface area contributed by atoms with Gasteiger partial charge in [0.2, 0.25) is 5.91 Å². The van der Waals surface area contributed by atoms with E-state index in [0.717, 1.165) is 44.9 Å². The van der Waals surface area contributed by atoms with Crippen molar-refractivity contribution in [2.75, 3.05) is 26.2 Å². The molecule has 3 N–H and O–H groups in total. The van der Waals surface area contributed by atoms with Crippen LogP contribution in [0.25, 0.3) is 0 Å². The SMILES string of the molecule is CCCNC(CCN1CCCC(C(C)(C)C)CC1)C(N)=O. The normalized spacial score (nSPS) is 22.8. The third kappa shape index (κ3) is 6.79. The lowest BCUT2D eigenvalue weighted by Gasteiger charge is -2.30. The Morgan fingerprint density at radius 2 is 2.05 bits per heavy atom. The van der Waals surface area contributed by atoms with Gasteiger partial charge in [-0.3, -0.25) is 4.79 Å². The van der Waals surface area contributed by atoms with Crippen LogP contribution >= 0.6 is 0 Å². The fourth-order valence-electron chi connectivity index (χ4n) is 3.22. The molecule has 4 heteroatoms. The van der Waals surface area contributed by atoms with E-state index in [1.165, 1.54) is 19.3 Å². The number of carbonyl (C=O) groups excluding carboxylic acids is 1. The maximum atomic E-state index is 11.5. The molecule has 1 fully saturated rings. The van der Waals surface area contributed by atoms with Crippen LogP contribution < -0.4 is 11.1 Å². The van der Waals surface area contributed by atoms with Gasteiger partial charge in [0.25, 0.3) is 0 Å². The van der Waals surface area contributed by atoms with Gasteiger partial charge in [0, 0.05) is 6.54 Å². The Bertz CT molecular complexity index is 312. The predicted octanol–water partition coefficient (Wildman–Crippen LogP) is 2.38. The Morgan fingerprint density at radius 1 is 1.33 bits per heavy atom. The highest BCUT2D eigenvalue weighted by molar-refractivity contribution is 5.79. The summed E-state index contributed by atoms with van der Waals surface area (Å²) in [5.74, 6) is 0.596. The highest BCUT2D eigenvalue weighted by Crippen LogP contribution is 2.34. The van der Waals surface area contributed by atoms with Gasteiger partial charge in [0.15, 0.2) is 0 Å². The highest BCUT2D eigenvalue weighted by atomic mass is 16.1. The summed E-state index contributed by atoms with van der Waals surface area (Å²) in [6, 6.07) is -0.174. The second-order valence-electron chi connectivity index (χ2n) is 7.53. The first kappa shape index (κ1) is 18.4. The Hall–Kier alpha value is -0.610. The zero-order valence-electron chi connectivity index (χ0n) is 14.5. The Kier molecular flexibility index (Phi) is 7.67. The minimum absolute atomic E-state index is 0.174. The molecule has 0 aromatic heterocycles. The fourth-order valence-corrected chi connectivity index (χ4v) is 3.22. The average molecular weight is 297 g/mol. The summed E-state index contributed by atoms with van der Waals surface area (Å²) in [6.45, 7) is 13.3. The van der Waals surface area contributed by atoms with E-state index < -0.39 is 0 Å². The number of hydrogen-bond donors (Lipinski definition) is 2. The van der Waals surface area contributed by atoms with E-state index in [1.54, 1.807) is 0 Å². The van der Waals surface area contributed by atoms with Gasteiger partial charge < -0.3 is 16.0 Å². The molecule has 4 nitrogen and oxygen atoms in total. The van der Waals surface area contributed by atoms with Crippen molar-refractivity contribution in [3.8, 4) is 0 Å². The summed E-state index contributed by atoms with van der Waals surface area (Å²) in [4.78, 5) is 14.0. The van der Waals surface area contributed by atoms with Gasteiger partial charge in [0.05, 0.1) is 6.04 Å². The molecule has 124 valence electrons. The number of likely N-dealkylation sites (tertiary alicyclic amines) is 1. The van der Waals surface area contributed by atoms with Crippen molar-refractivity contribution in [3.63, 3.8) is 0 Å². The first-order valence-corrected chi connectivity index (χ1v) is 8.59. The standard InChI is InChI=1S/C17H35N3O/c1-5-10-19-15(16(18)21)9-13-20-11-6-7-14(8-12-20)17(2,3)4/h14-15,19H,5-13H2,1-4H3,(H2,18,21). The van der Waals surface area contributed by atoms with Crippen molar-refractivity contribution in [1.29, 1.82) is 0 Å². The van der Waals surface area contributed by atoms with Gasteiger partial charge >= 0.3 is 0 Å². The van der Waals surface area contributed by atoms with Crippen molar-refractivity contribution in [2.45, 2.75) is 65.8 Å². The van der Waals surface area contributed by atoms with Gasteiger partial charge in [-0.25, -0.2) is 0 Å². The molecule has 0 bridgehead atoms. The maximum Gasteiger partial charge on any atom is 0.234 e. The summed E-state index contributed by atoms with van der Waals surface area (Å²) in [5, 5.41) is 3.26. The van der Waals surface area contributed by atoms with Gasteiger partial charge in [-0.2, -0.15) is 0 Å². The van der Waals surface area contributed by atoms with Crippen molar-refractivity contribution in [3.05, 3.63) is 0 Å². The summed E-state index contributed by atoms with van der Waals surface area (Å²) in [7, 11) is 0. The second-order valence-corrected chi connectivity index (χ2v) is 7.53. The van der Waals surface area contributed by atoms with Crippen molar-refractivity contribution in [2.24, 2.45) is 17.1 Å². The molecule has 2 unspecified atom stereocenters. The van der Waals surface area contributed by atoms with Crippen LogP contribution in [0.5, 0.6) is 0 Å². The molecule has 0 aromatic rings. The molecule has 1 aliphatic heterocycles. The van der Waals surface area contributed by atoms with Gasteiger partial charge in [-0.15, -0.1) is 0 Å². The fraction of sp³-hybridized carbons (Fsp3) is 0.941. The van der Waals surface area contributed by atoms with Crippen LogP contribution in [0.1, 0.15) is 59.8 Å². The first-order chi connectivity index (χ1) is 9.84. The quantitative estimate of drug-likeness (QED) is 0.758. The van der Waals surface area contributed by atoms with Crippen LogP contribution in [0.15, 0.2) is 0 Å². The number of nitrogens with zero attached hydrogens (tertiary/aromatic N) is 1. The number of hydrogen-bond acceptors (Lipinski definition) is 3. The van der Waals surface area contributed by atoms with E-state index in [1.807, 2.05) is 0 Å². The summed E-state index contributed by atoms with van der Waals surface area (Å²) in [6.07, 6.45) is 5.72. The van der Waals surface area contributed by atoms with Crippen LogP contribution in [0.4, 0.5) is 0 Å². The molecule has 0 aromatic carbocycles. The lowest BCUT2D eigenvalue weighted by atomic mass is 9.77. The van der Waals surface area contributed by atoms with Crippen LogP contribution in [-0.4, -0.2) is 43.0 Å². The Labute approximate surface area is 130 Å². The number of amides is 1. The smallest absolute Gasteiger partial charge is 0.234 e. The number of rotatable bonds is 7. The largest absolute Gasteiger partial charge is 0.368 e. The molecular formula is C17H35N3O. The van der Waals surface area contributed by atoms with Gasteiger partial charge in [-0.05, 0) is 63.1 Å². The Balaban J connectivity index is 2.39. The molecule has 1 rings (SSSR count). The molecule has 1 aliphatic rings. The average Bonchev–Trinajstić information content (AvgIpc) is 2.63. The minimum atomic E-state index is -0.217. The van der Waals surface area contributed by atoms with Gasteiger partial charge in [0.1, 0.15) is 0 Å². The second kappa shape index (κ2) is 8.74. The van der Waals surface area contributed by atoms with E-state index in [2.05, 4.69) is 37.9 Å². The van der Waals surface area contributed by atoms with Crippen molar-refractivity contribution < 1.29 is 4.79 Å². The molecule has 21 heavy (non-hydrogen) atoms. The molecule has 1 amide bonds. The summed E-state index contributed by atoms with van der Waals surface area (Å²) in [5.41, 5.74) is 5.89. The molecule has 0 saturated carbocycles. The number of primary amides is 1. The summed E-state index contributed by atoms with van der Waals surface area (Å²) >= 11 is 0. The number of nitrogens with one attached hydrogen (secondary N) is 1. The van der Waals surface area contributed by atoms with Gasteiger partial charge in [-0.1, -0.05) is 27.7 Å². The van der Waals surface area contributed by atoms with Crippen LogP contribution in [0, 0.1) is 11.3 Å². The van der Waals surface area contributed by atoms with E-state index in [4.69, 9.17) is 5.73 Å². The molecule has 2 atom stereocenters. The third-order valence-corrected chi connectivity index (χ3v) is 4.76. The minimum Gasteiger partial charge on any atom is -0.368 e. The molecule has 1 heterocycles. The monoisotopic (exact) mass is 297 g/mol. The van der Waals surface area contributed by atoms with Crippen molar-refractivity contribution in [1.82, 2.24) is 10.2 Å². The highest BCUT2D eigenvalue weighted by Gasteiger charge is 2.27. The van der Waals surface area contributed by atoms with E-state index in [9.17, 15) is 4.79 Å². The zero-order chi connectivity index (χ0) is 15.9. The topological polar surface area (TPSA) is 58.4 Å². The summed E-state index contributed by atoms with van der Waals surface area (Å²) < 4.78 is 0. The number of nitrogens with two attached hydrogens (primary N) is 1. The van der Waals surface area contributed by atoms with E-state index in [-0.39, 0.29) is 11.9 Å². The molecular weight excluding hydrogens is 262 g/mol.